The Morgan fingerprint density at radius 1 is 0.941 bits per heavy atom. The normalized spacial score (nSPS) is 13.5. The van der Waals surface area contributed by atoms with E-state index in [4.69, 9.17) is 9.47 Å². The van der Waals surface area contributed by atoms with Crippen LogP contribution >= 0.6 is 0 Å². The molecule has 3 N–H and O–H groups in total. The number of ether oxygens (including phenoxy) is 2. The van der Waals surface area contributed by atoms with Crippen molar-refractivity contribution >= 4 is 41.5 Å². The number of unbranched alkanes of at least 4 members (excludes halogenated alkanes) is 2. The number of nitrogens with zero attached hydrogens (tertiary/aromatic N) is 4. The third-order valence-electron chi connectivity index (χ3n) is 7.77. The summed E-state index contributed by atoms with van der Waals surface area (Å²) >= 11 is 0. The van der Waals surface area contributed by atoms with Gasteiger partial charge in [0, 0.05) is 57.9 Å². The number of amides is 6. The van der Waals surface area contributed by atoms with Crippen molar-refractivity contribution in [1.29, 1.82) is 0 Å². The average molecular weight is 710 g/mol. The first-order valence-corrected chi connectivity index (χ1v) is 17.2. The number of rotatable bonds is 14. The number of nitrogens with one attached hydrogen (secondary N) is 3. The van der Waals surface area contributed by atoms with Gasteiger partial charge in [0.25, 0.3) is 5.91 Å². The standard InChI is InChI=1S/C36H51N7O8/c1-7-8-12-21-50-35(49)43-19-17-42(18-20-43)33(47)27(15-16-31(45)51-36(2,3)4)40-32(46)29-23-26(38-34(48)37-24-30(44)41(5)6)22-28(39-29)25-13-10-9-11-14-25/h9-11,13-14,22-23,27H,7-8,12,15-21,24H2,1-6H3,(H,40,46)(H2,37,38,39,48)/t27-/m0/s1. The van der Waals surface area contributed by atoms with E-state index in [0.717, 1.165) is 19.3 Å². The Balaban J connectivity index is 1.81. The molecule has 278 valence electrons. The average Bonchev–Trinajstić information content (AvgIpc) is 3.09. The maximum absolute atomic E-state index is 13.9. The number of carbonyl (C=O) groups excluding carboxylic acids is 6. The van der Waals surface area contributed by atoms with Gasteiger partial charge < -0.3 is 40.1 Å². The molecule has 2 aromatic rings. The summed E-state index contributed by atoms with van der Waals surface area (Å²) in [6.45, 7) is 8.30. The molecule has 0 unspecified atom stereocenters. The molecule has 1 fully saturated rings. The highest BCUT2D eigenvalue weighted by Crippen LogP contribution is 2.22. The number of piperazine rings is 1. The summed E-state index contributed by atoms with van der Waals surface area (Å²) in [6.07, 6.45) is 2.13. The molecule has 15 heteroatoms. The highest BCUT2D eigenvalue weighted by Gasteiger charge is 2.32. The zero-order valence-electron chi connectivity index (χ0n) is 30.5. The predicted molar refractivity (Wildman–Crippen MR) is 191 cm³/mol. The summed E-state index contributed by atoms with van der Waals surface area (Å²) in [5, 5.41) is 7.88. The lowest BCUT2D eigenvalue weighted by Gasteiger charge is -2.36. The van der Waals surface area contributed by atoms with E-state index in [1.165, 1.54) is 11.0 Å². The second kappa shape index (κ2) is 19.3. The Kier molecular flexibility index (Phi) is 15.2. The van der Waals surface area contributed by atoms with Crippen LogP contribution in [-0.4, -0.2) is 121 Å². The molecule has 3 rings (SSSR count). The number of anilines is 1. The molecule has 1 aromatic carbocycles. The molecule has 0 spiro atoms. The maximum Gasteiger partial charge on any atom is 0.409 e. The maximum atomic E-state index is 13.9. The molecule has 0 radical (unpaired) electrons. The van der Waals surface area contributed by atoms with Gasteiger partial charge in [-0.3, -0.25) is 19.2 Å². The number of urea groups is 1. The van der Waals surface area contributed by atoms with Gasteiger partial charge in [-0.2, -0.15) is 0 Å². The Labute approximate surface area is 299 Å². The van der Waals surface area contributed by atoms with Crippen molar-refractivity contribution in [2.45, 2.75) is 71.4 Å². The van der Waals surface area contributed by atoms with E-state index in [1.807, 2.05) is 6.07 Å². The van der Waals surface area contributed by atoms with Gasteiger partial charge in [-0.05, 0) is 45.7 Å². The lowest BCUT2D eigenvalue weighted by Crippen LogP contribution is -2.56. The van der Waals surface area contributed by atoms with E-state index < -0.39 is 41.6 Å². The molecule has 2 heterocycles. The van der Waals surface area contributed by atoms with E-state index in [9.17, 15) is 28.8 Å². The molecule has 1 atom stereocenters. The van der Waals surface area contributed by atoms with E-state index in [0.29, 0.717) is 17.9 Å². The lowest BCUT2D eigenvalue weighted by atomic mass is 10.1. The fourth-order valence-corrected chi connectivity index (χ4v) is 5.04. The molecule has 1 aliphatic heterocycles. The first-order chi connectivity index (χ1) is 24.2. The summed E-state index contributed by atoms with van der Waals surface area (Å²) < 4.78 is 10.8. The third kappa shape index (κ3) is 13.6. The van der Waals surface area contributed by atoms with Gasteiger partial charge in [-0.1, -0.05) is 50.1 Å². The molecular weight excluding hydrogens is 658 g/mol. The van der Waals surface area contributed by atoms with Crippen molar-refractivity contribution < 1.29 is 38.2 Å². The molecule has 0 bridgehead atoms. The van der Waals surface area contributed by atoms with Crippen LogP contribution < -0.4 is 16.0 Å². The van der Waals surface area contributed by atoms with E-state index >= 15 is 0 Å². The lowest BCUT2D eigenvalue weighted by molar-refractivity contribution is -0.155. The smallest absolute Gasteiger partial charge is 0.409 e. The number of aromatic nitrogens is 1. The molecule has 0 aliphatic carbocycles. The fourth-order valence-electron chi connectivity index (χ4n) is 5.04. The van der Waals surface area contributed by atoms with Gasteiger partial charge in [-0.15, -0.1) is 0 Å². The molecule has 1 aromatic heterocycles. The number of esters is 1. The second-order valence-corrected chi connectivity index (χ2v) is 13.4. The molecule has 51 heavy (non-hydrogen) atoms. The number of hydrogen-bond donors (Lipinski definition) is 3. The summed E-state index contributed by atoms with van der Waals surface area (Å²) in [4.78, 5) is 86.4. The van der Waals surface area contributed by atoms with Crippen molar-refractivity contribution in [3.05, 3.63) is 48.2 Å². The number of carbonyl (C=O) groups is 6. The Hall–Kier alpha value is -5.21. The topological polar surface area (TPSA) is 180 Å². The quantitative estimate of drug-likeness (QED) is 0.195. The number of hydrogen-bond acceptors (Lipinski definition) is 9. The highest BCUT2D eigenvalue weighted by atomic mass is 16.6. The van der Waals surface area contributed by atoms with E-state index in [2.05, 4.69) is 27.9 Å². The van der Waals surface area contributed by atoms with Crippen LogP contribution in [0, 0.1) is 0 Å². The van der Waals surface area contributed by atoms with Gasteiger partial charge in [0.05, 0.1) is 18.8 Å². The first kappa shape index (κ1) is 40.2. The minimum atomic E-state index is -1.13. The van der Waals surface area contributed by atoms with Crippen LogP contribution in [0.3, 0.4) is 0 Å². The fraction of sp³-hybridized carbons (Fsp3) is 0.528. The number of pyridine rings is 1. The molecule has 1 aliphatic rings. The van der Waals surface area contributed by atoms with Gasteiger partial charge >= 0.3 is 18.1 Å². The number of benzene rings is 1. The molecular formula is C36H51N7O8. The third-order valence-corrected chi connectivity index (χ3v) is 7.77. The van der Waals surface area contributed by atoms with Crippen LogP contribution in [0.5, 0.6) is 0 Å². The summed E-state index contributed by atoms with van der Waals surface area (Å²) in [5.41, 5.74) is 0.424. The van der Waals surface area contributed by atoms with Crippen molar-refractivity contribution in [1.82, 2.24) is 30.3 Å². The Bertz CT molecular complexity index is 1520. The molecule has 1 saturated heterocycles. The van der Waals surface area contributed by atoms with Crippen molar-refractivity contribution in [2.75, 3.05) is 58.7 Å². The van der Waals surface area contributed by atoms with Crippen LogP contribution in [0.2, 0.25) is 0 Å². The molecule has 15 nitrogen and oxygen atoms in total. The SMILES string of the molecule is CCCCCOC(=O)N1CCN(C(=O)[C@H](CCC(=O)OC(C)(C)C)NC(=O)c2cc(NC(=O)NCC(=O)N(C)C)cc(-c3ccccc3)n2)CC1. The minimum Gasteiger partial charge on any atom is -0.460 e. The Morgan fingerprint density at radius 3 is 2.24 bits per heavy atom. The van der Waals surface area contributed by atoms with Gasteiger partial charge in [0.2, 0.25) is 11.8 Å². The van der Waals surface area contributed by atoms with Gasteiger partial charge in [0.15, 0.2) is 0 Å². The van der Waals surface area contributed by atoms with Crippen LogP contribution in [0.25, 0.3) is 11.3 Å². The monoisotopic (exact) mass is 709 g/mol. The van der Waals surface area contributed by atoms with Crippen molar-refractivity contribution in [3.63, 3.8) is 0 Å². The van der Waals surface area contributed by atoms with Gasteiger partial charge in [-0.25, -0.2) is 14.6 Å². The van der Waals surface area contributed by atoms with E-state index in [-0.39, 0.29) is 62.9 Å². The van der Waals surface area contributed by atoms with Crippen molar-refractivity contribution in [2.24, 2.45) is 0 Å². The zero-order chi connectivity index (χ0) is 37.6. The Morgan fingerprint density at radius 2 is 1.61 bits per heavy atom. The van der Waals surface area contributed by atoms with Crippen LogP contribution in [0.4, 0.5) is 15.3 Å². The minimum absolute atomic E-state index is 0.0506. The van der Waals surface area contributed by atoms with Crippen molar-refractivity contribution in [3.8, 4) is 11.3 Å². The molecule has 0 saturated carbocycles. The van der Waals surface area contributed by atoms with Crippen LogP contribution in [0.15, 0.2) is 42.5 Å². The molecule has 6 amide bonds. The summed E-state index contributed by atoms with van der Waals surface area (Å²) in [6, 6.07) is 10.1. The van der Waals surface area contributed by atoms with E-state index in [1.54, 1.807) is 75.0 Å². The highest BCUT2D eigenvalue weighted by molar-refractivity contribution is 5.99. The summed E-state index contributed by atoms with van der Waals surface area (Å²) in [5.74, 6) is -1.98. The van der Waals surface area contributed by atoms with Crippen LogP contribution in [-0.2, 0) is 23.9 Å². The number of likely N-dealkylation sites (N-methyl/N-ethyl adjacent to an activating group) is 1. The first-order valence-electron chi connectivity index (χ1n) is 17.2. The predicted octanol–water partition coefficient (Wildman–Crippen LogP) is 3.65. The van der Waals surface area contributed by atoms with Gasteiger partial charge in [0.1, 0.15) is 17.3 Å². The zero-order valence-corrected chi connectivity index (χ0v) is 30.5. The summed E-state index contributed by atoms with van der Waals surface area (Å²) in [7, 11) is 3.14. The largest absolute Gasteiger partial charge is 0.460 e. The van der Waals surface area contributed by atoms with Crippen LogP contribution in [0.1, 0.15) is 70.3 Å². The second-order valence-electron chi connectivity index (χ2n) is 13.4.